The maximum atomic E-state index is 12.0. The summed E-state index contributed by atoms with van der Waals surface area (Å²) in [7, 11) is 1.64. The quantitative estimate of drug-likeness (QED) is 0.886. The number of rotatable bonds is 4. The highest BCUT2D eigenvalue weighted by Crippen LogP contribution is 2.19. The molecule has 0 spiro atoms. The van der Waals surface area contributed by atoms with E-state index in [1.54, 1.807) is 13.3 Å². The van der Waals surface area contributed by atoms with E-state index in [2.05, 4.69) is 9.88 Å². The number of methoxy groups -OCH3 is 1. The summed E-state index contributed by atoms with van der Waals surface area (Å²) in [5.41, 5.74) is 5.80. The van der Waals surface area contributed by atoms with Gasteiger partial charge in [0.05, 0.1) is 13.2 Å². The topological polar surface area (TPSA) is 71.7 Å². The first-order valence-corrected chi connectivity index (χ1v) is 6.95. The van der Waals surface area contributed by atoms with E-state index in [9.17, 15) is 4.79 Å². The third kappa shape index (κ3) is 4.90. The molecule has 1 saturated heterocycles. The molecule has 1 aromatic rings. The lowest BCUT2D eigenvalue weighted by Crippen LogP contribution is -2.53. The second-order valence-corrected chi connectivity index (χ2v) is 4.88. The Balaban J connectivity index is 0.00000220. The van der Waals surface area contributed by atoms with E-state index < -0.39 is 0 Å². The normalized spacial score (nSPS) is 15.4. The Morgan fingerprint density at radius 2 is 2.00 bits per heavy atom. The number of hydrogen-bond donors (Lipinski definition) is 1. The summed E-state index contributed by atoms with van der Waals surface area (Å²) < 4.78 is 5.20. The number of ether oxygens (including phenoxy) is 1. The Kier molecular flexibility index (Phi) is 9.16. The molecule has 2 N–H and O–H groups in total. The maximum absolute atomic E-state index is 12.0. The van der Waals surface area contributed by atoms with Crippen LogP contribution in [-0.4, -0.2) is 55.1 Å². The fourth-order valence-electron chi connectivity index (χ4n) is 2.26. The van der Waals surface area contributed by atoms with Crippen molar-refractivity contribution >= 4 is 36.5 Å². The molecule has 1 aliphatic rings. The van der Waals surface area contributed by atoms with Crippen molar-refractivity contribution in [3.63, 3.8) is 0 Å². The average molecular weight is 351 g/mol. The molecule has 0 unspecified atom stereocenters. The van der Waals surface area contributed by atoms with Crippen LogP contribution in [0.2, 0.25) is 0 Å². The minimum absolute atomic E-state index is 0. The standard InChI is InChI=1S/C14H22N4O2.2ClH/c1-3-12(15)14(19)18-8-6-17(7-9-18)13-10-11(20-2)4-5-16-13;;/h4-5,10,12H,3,6-9,15H2,1-2H3;2*1H/t12-;;/m0../s1. The minimum Gasteiger partial charge on any atom is -0.497 e. The molecule has 1 amide bonds. The molecule has 1 aromatic heterocycles. The van der Waals surface area contributed by atoms with E-state index in [-0.39, 0.29) is 36.8 Å². The minimum atomic E-state index is -0.378. The van der Waals surface area contributed by atoms with Crippen LogP contribution >= 0.6 is 24.8 Å². The molecule has 1 fully saturated rings. The summed E-state index contributed by atoms with van der Waals surface area (Å²) in [6.45, 7) is 4.83. The molecule has 2 rings (SSSR count). The molecule has 0 bridgehead atoms. The number of halogens is 2. The van der Waals surface area contributed by atoms with Gasteiger partial charge in [-0.2, -0.15) is 0 Å². The van der Waals surface area contributed by atoms with Gasteiger partial charge in [0.25, 0.3) is 0 Å². The predicted octanol–water partition coefficient (Wildman–Crippen LogP) is 1.32. The summed E-state index contributed by atoms with van der Waals surface area (Å²) in [5, 5.41) is 0. The number of aromatic nitrogens is 1. The first kappa shape index (κ1) is 20.8. The fraction of sp³-hybridized carbons (Fsp3) is 0.571. The fourth-order valence-corrected chi connectivity index (χ4v) is 2.26. The predicted molar refractivity (Wildman–Crippen MR) is 92.3 cm³/mol. The van der Waals surface area contributed by atoms with Gasteiger partial charge in [-0.15, -0.1) is 24.8 Å². The lowest BCUT2D eigenvalue weighted by molar-refractivity contribution is -0.132. The molecule has 0 aliphatic carbocycles. The molecule has 0 saturated carbocycles. The lowest BCUT2D eigenvalue weighted by Gasteiger charge is -2.36. The van der Waals surface area contributed by atoms with Crippen LogP contribution in [0.3, 0.4) is 0 Å². The van der Waals surface area contributed by atoms with E-state index in [0.717, 1.165) is 24.7 Å². The first-order valence-electron chi connectivity index (χ1n) is 6.95. The molecular weight excluding hydrogens is 327 g/mol. The van der Waals surface area contributed by atoms with Crippen LogP contribution in [-0.2, 0) is 4.79 Å². The third-order valence-corrected chi connectivity index (χ3v) is 3.63. The molecule has 0 aromatic carbocycles. The molecule has 22 heavy (non-hydrogen) atoms. The van der Waals surface area contributed by atoms with Gasteiger partial charge >= 0.3 is 0 Å². The molecule has 6 nitrogen and oxygen atoms in total. The van der Waals surface area contributed by atoms with E-state index in [1.807, 2.05) is 24.0 Å². The number of hydrogen-bond acceptors (Lipinski definition) is 5. The Morgan fingerprint density at radius 1 is 1.36 bits per heavy atom. The van der Waals surface area contributed by atoms with Crippen LogP contribution in [0.1, 0.15) is 13.3 Å². The monoisotopic (exact) mass is 350 g/mol. The smallest absolute Gasteiger partial charge is 0.239 e. The maximum Gasteiger partial charge on any atom is 0.239 e. The highest BCUT2D eigenvalue weighted by Gasteiger charge is 2.24. The summed E-state index contributed by atoms with van der Waals surface area (Å²) in [5.74, 6) is 1.73. The number of anilines is 1. The number of nitrogens with two attached hydrogens (primary N) is 1. The van der Waals surface area contributed by atoms with Gasteiger partial charge in [0.15, 0.2) is 0 Å². The number of piperazine rings is 1. The van der Waals surface area contributed by atoms with Gasteiger partial charge in [-0.05, 0) is 12.5 Å². The summed E-state index contributed by atoms with van der Waals surface area (Å²) in [6, 6.07) is 3.36. The SMILES string of the molecule is CC[C@H](N)C(=O)N1CCN(c2cc(OC)ccn2)CC1.Cl.Cl. The molecule has 8 heteroatoms. The van der Waals surface area contributed by atoms with E-state index >= 15 is 0 Å². The van der Waals surface area contributed by atoms with Crippen molar-refractivity contribution in [2.24, 2.45) is 5.73 Å². The number of carbonyl (C=O) groups excluding carboxylic acids is 1. The largest absolute Gasteiger partial charge is 0.497 e. The zero-order chi connectivity index (χ0) is 14.5. The van der Waals surface area contributed by atoms with Crippen LogP contribution in [0.4, 0.5) is 5.82 Å². The van der Waals surface area contributed by atoms with Crippen molar-refractivity contribution in [2.75, 3.05) is 38.2 Å². The summed E-state index contributed by atoms with van der Waals surface area (Å²) >= 11 is 0. The Labute approximate surface area is 143 Å². The van der Waals surface area contributed by atoms with E-state index in [4.69, 9.17) is 10.5 Å². The number of carbonyl (C=O) groups is 1. The van der Waals surface area contributed by atoms with Crippen LogP contribution < -0.4 is 15.4 Å². The third-order valence-electron chi connectivity index (χ3n) is 3.63. The zero-order valence-corrected chi connectivity index (χ0v) is 14.5. The van der Waals surface area contributed by atoms with Crippen molar-refractivity contribution in [1.29, 1.82) is 0 Å². The van der Waals surface area contributed by atoms with Gasteiger partial charge in [-0.25, -0.2) is 4.98 Å². The molecule has 2 heterocycles. The Hall–Kier alpha value is -1.24. The van der Waals surface area contributed by atoms with E-state index in [1.165, 1.54) is 0 Å². The molecular formula is C14H24Cl2N4O2. The van der Waals surface area contributed by atoms with Gasteiger partial charge in [-0.3, -0.25) is 4.79 Å². The number of amides is 1. The summed E-state index contributed by atoms with van der Waals surface area (Å²) in [6.07, 6.45) is 2.41. The molecule has 1 atom stereocenters. The second kappa shape index (κ2) is 9.71. The van der Waals surface area contributed by atoms with Crippen molar-refractivity contribution in [3.05, 3.63) is 18.3 Å². The van der Waals surface area contributed by atoms with Crippen molar-refractivity contribution < 1.29 is 9.53 Å². The van der Waals surface area contributed by atoms with Gasteiger partial charge in [0, 0.05) is 38.4 Å². The van der Waals surface area contributed by atoms with Crippen molar-refractivity contribution in [3.8, 4) is 5.75 Å². The Morgan fingerprint density at radius 3 is 2.55 bits per heavy atom. The van der Waals surface area contributed by atoms with Gasteiger partial charge in [-0.1, -0.05) is 6.92 Å². The van der Waals surface area contributed by atoms with Crippen LogP contribution in [0, 0.1) is 0 Å². The highest BCUT2D eigenvalue weighted by molar-refractivity contribution is 5.85. The average Bonchev–Trinajstić information content (AvgIpc) is 2.53. The summed E-state index contributed by atoms with van der Waals surface area (Å²) in [4.78, 5) is 20.4. The number of pyridine rings is 1. The molecule has 1 aliphatic heterocycles. The first-order chi connectivity index (χ1) is 9.65. The lowest BCUT2D eigenvalue weighted by atomic mass is 10.2. The highest BCUT2D eigenvalue weighted by atomic mass is 35.5. The van der Waals surface area contributed by atoms with Crippen LogP contribution in [0.15, 0.2) is 18.3 Å². The molecule has 126 valence electrons. The zero-order valence-electron chi connectivity index (χ0n) is 12.9. The van der Waals surface area contributed by atoms with E-state index in [0.29, 0.717) is 19.5 Å². The van der Waals surface area contributed by atoms with Crippen LogP contribution in [0.25, 0.3) is 0 Å². The molecule has 0 radical (unpaired) electrons. The number of nitrogens with zero attached hydrogens (tertiary/aromatic N) is 3. The van der Waals surface area contributed by atoms with Crippen molar-refractivity contribution in [1.82, 2.24) is 9.88 Å². The van der Waals surface area contributed by atoms with Gasteiger partial charge in [0.1, 0.15) is 11.6 Å². The van der Waals surface area contributed by atoms with Crippen LogP contribution in [0.5, 0.6) is 5.75 Å². The Bertz CT molecular complexity index is 468. The second-order valence-electron chi connectivity index (χ2n) is 4.88. The van der Waals surface area contributed by atoms with Crippen molar-refractivity contribution in [2.45, 2.75) is 19.4 Å². The van der Waals surface area contributed by atoms with Gasteiger partial charge < -0.3 is 20.3 Å². The van der Waals surface area contributed by atoms with Gasteiger partial charge in [0.2, 0.25) is 5.91 Å².